The normalized spacial score (nSPS) is 52.5. The van der Waals surface area contributed by atoms with E-state index in [9.17, 15) is 24.9 Å². The number of amides is 1. The summed E-state index contributed by atoms with van der Waals surface area (Å²) >= 11 is 0. The van der Waals surface area contributed by atoms with Crippen LogP contribution in [0.25, 0.3) is 0 Å². The molecule has 0 aromatic rings. The smallest absolute Gasteiger partial charge is 0.322 e. The molecule has 0 aromatic heterocycles. The summed E-state index contributed by atoms with van der Waals surface area (Å²) < 4.78 is 34.1. The van der Waals surface area contributed by atoms with Gasteiger partial charge in [-0.1, -0.05) is 20.8 Å². The lowest BCUT2D eigenvalue weighted by Gasteiger charge is -2.63. The predicted octanol–water partition coefficient (Wildman–Crippen LogP) is 2.56. The molecule has 0 aliphatic heterocycles. The third-order valence-electron chi connectivity index (χ3n) is 10.0. The predicted molar refractivity (Wildman–Crippen MR) is 123 cm³/mol. The summed E-state index contributed by atoms with van der Waals surface area (Å²) in [5.74, 6) is -2.36. The third-order valence-corrected chi connectivity index (χ3v) is 10.0. The summed E-state index contributed by atoms with van der Waals surface area (Å²) in [4.78, 5) is 22.8. The van der Waals surface area contributed by atoms with Crippen molar-refractivity contribution in [1.82, 2.24) is 5.32 Å². The Balaban J connectivity index is 1.56. The van der Waals surface area contributed by atoms with Crippen LogP contribution in [0.4, 0.5) is 0 Å². The number of carbonyl (C=O) groups is 2. The molecule has 0 heterocycles. The van der Waals surface area contributed by atoms with Crippen molar-refractivity contribution in [2.24, 2.45) is 46.3 Å². The van der Waals surface area contributed by atoms with Crippen LogP contribution >= 0.6 is 0 Å². The lowest BCUT2D eigenvalue weighted by atomic mass is 9.43. The van der Waals surface area contributed by atoms with Crippen LogP contribution in [0.2, 0.25) is 0 Å². The first-order chi connectivity index (χ1) is 17.0. The number of aliphatic carboxylic acids is 1. The second-order valence-corrected chi connectivity index (χ2v) is 11.6. The maximum Gasteiger partial charge on any atom is 0.322 e. The zero-order valence-corrected chi connectivity index (χ0v) is 20.0. The Morgan fingerprint density at radius 2 is 1.73 bits per heavy atom. The first kappa shape index (κ1) is 20.1. The number of aliphatic hydroxyl groups excluding tert-OH is 3. The highest BCUT2D eigenvalue weighted by atomic mass is 16.4. The van der Waals surface area contributed by atoms with Crippen LogP contribution in [0.5, 0.6) is 0 Å². The Labute approximate surface area is 203 Å². The molecule has 4 fully saturated rings. The van der Waals surface area contributed by atoms with Crippen molar-refractivity contribution < 1.29 is 35.5 Å². The quantitative estimate of drug-likeness (QED) is 0.407. The van der Waals surface area contributed by atoms with Gasteiger partial charge in [-0.05, 0) is 97.6 Å². The number of carboxylic acids is 1. The van der Waals surface area contributed by atoms with Gasteiger partial charge in [0, 0.05) is 11.9 Å². The number of aliphatic hydroxyl groups is 3. The van der Waals surface area contributed by atoms with Crippen LogP contribution in [0.3, 0.4) is 0 Å². The lowest BCUT2D eigenvalue weighted by Crippen LogP contribution is -2.64. The minimum Gasteiger partial charge on any atom is -0.480 e. The number of fused-ring (bicyclic) bond motifs is 5. The molecule has 7 heteroatoms. The van der Waals surface area contributed by atoms with E-state index in [4.69, 9.17) is 10.6 Å². The van der Waals surface area contributed by atoms with Crippen LogP contribution in [-0.2, 0) is 9.59 Å². The Morgan fingerprint density at radius 3 is 2.42 bits per heavy atom. The highest BCUT2D eigenvalue weighted by Crippen LogP contribution is 2.68. The number of carboxylic acid groups (broad SMARTS) is 1. The topological polar surface area (TPSA) is 127 Å². The monoisotopic (exact) mass is 469 g/mol. The average Bonchev–Trinajstić information content (AvgIpc) is 3.14. The molecule has 4 saturated carbocycles. The zero-order chi connectivity index (χ0) is 27.7. The molecule has 1 amide bonds. The van der Waals surface area contributed by atoms with Gasteiger partial charge in [-0.15, -0.1) is 0 Å². The van der Waals surface area contributed by atoms with Crippen LogP contribution in [0.15, 0.2) is 0 Å². The summed E-state index contributed by atoms with van der Waals surface area (Å²) in [5, 5.41) is 44.5. The highest BCUT2D eigenvalue weighted by molar-refractivity contribution is 5.81. The van der Waals surface area contributed by atoms with E-state index in [1.165, 1.54) is 0 Å². The SMILES string of the molecule is [2H]C1([2H])C[C@@]2(C)[C@H]([C@@H](O)[C@@H](O)[C@@H]3[C@@H]2CC[C@]2(C)[C@@H]([C@H](C)CCC(=O)NCC(=O)O)CC[C@@H]32)C([2H])([2H])[C@@H]1O. The van der Waals surface area contributed by atoms with Crippen molar-refractivity contribution in [3.05, 3.63) is 0 Å². The molecule has 0 bridgehead atoms. The van der Waals surface area contributed by atoms with E-state index < -0.39 is 54.9 Å². The standard InChI is InChI=1S/C26H43NO6/c1-14(4-7-20(29)27-13-21(30)31)16-5-6-17-22-18(9-11-25(16,17)2)26(3)10-8-15(28)12-19(26)23(32)24(22)33/h14-19,22-24,28,32-33H,4-13H2,1-3H3,(H,27,29)(H,30,31)/t14-,15-,16-,17+,18+,19+,22+,23-,24+,25-,26-/m1/s1/i8D2,12D2. The first-order valence-electron chi connectivity index (χ1n) is 14.5. The van der Waals surface area contributed by atoms with Gasteiger partial charge in [-0.25, -0.2) is 0 Å². The Kier molecular flexibility index (Phi) is 5.54. The fourth-order valence-corrected chi connectivity index (χ4v) is 8.36. The van der Waals surface area contributed by atoms with Crippen molar-refractivity contribution in [3.63, 3.8) is 0 Å². The molecule has 0 unspecified atom stereocenters. The van der Waals surface area contributed by atoms with Gasteiger partial charge < -0.3 is 25.7 Å². The number of hydrogen-bond acceptors (Lipinski definition) is 5. The minimum atomic E-state index is -2.38. The van der Waals surface area contributed by atoms with E-state index in [-0.39, 0.29) is 53.8 Å². The van der Waals surface area contributed by atoms with Gasteiger partial charge >= 0.3 is 5.97 Å². The van der Waals surface area contributed by atoms with Gasteiger partial charge in [0.2, 0.25) is 5.91 Å². The fourth-order valence-electron chi connectivity index (χ4n) is 8.36. The molecule has 7 nitrogen and oxygen atoms in total. The van der Waals surface area contributed by atoms with Gasteiger partial charge in [0.05, 0.1) is 18.3 Å². The van der Waals surface area contributed by atoms with Crippen molar-refractivity contribution in [2.45, 2.75) is 96.8 Å². The Hall–Kier alpha value is -1.18. The first-order valence-corrected chi connectivity index (χ1v) is 12.5. The van der Waals surface area contributed by atoms with E-state index in [1.807, 2.05) is 6.92 Å². The molecular weight excluding hydrogens is 422 g/mol. The second kappa shape index (κ2) is 9.12. The van der Waals surface area contributed by atoms with Crippen LogP contribution in [-0.4, -0.2) is 57.2 Å². The summed E-state index contributed by atoms with van der Waals surface area (Å²) in [7, 11) is 0. The number of hydrogen-bond donors (Lipinski definition) is 5. The Morgan fingerprint density at radius 1 is 1.03 bits per heavy atom. The maximum absolute atomic E-state index is 12.1. The van der Waals surface area contributed by atoms with Crippen molar-refractivity contribution in [3.8, 4) is 0 Å². The largest absolute Gasteiger partial charge is 0.480 e. The van der Waals surface area contributed by atoms with E-state index in [0.717, 1.165) is 19.3 Å². The molecule has 4 rings (SSSR count). The van der Waals surface area contributed by atoms with Gasteiger partial charge in [0.25, 0.3) is 0 Å². The van der Waals surface area contributed by atoms with Crippen LogP contribution in [0, 0.1) is 46.3 Å². The summed E-state index contributed by atoms with van der Waals surface area (Å²) in [6.07, 6.45) is -4.90. The average molecular weight is 470 g/mol. The van der Waals surface area contributed by atoms with E-state index >= 15 is 0 Å². The second-order valence-electron chi connectivity index (χ2n) is 11.6. The van der Waals surface area contributed by atoms with Crippen LogP contribution in [0.1, 0.15) is 83.9 Å². The van der Waals surface area contributed by atoms with Gasteiger partial charge in [-0.3, -0.25) is 9.59 Å². The van der Waals surface area contributed by atoms with E-state index in [0.29, 0.717) is 12.8 Å². The molecule has 11 atom stereocenters. The van der Waals surface area contributed by atoms with Crippen molar-refractivity contribution in [2.75, 3.05) is 6.54 Å². The molecular formula is C26H43NO6. The van der Waals surface area contributed by atoms with Gasteiger partial charge in [-0.2, -0.15) is 0 Å². The molecule has 0 radical (unpaired) electrons. The van der Waals surface area contributed by atoms with Crippen molar-refractivity contribution in [1.29, 1.82) is 0 Å². The number of carbonyl (C=O) groups excluding carboxylic acids is 1. The molecule has 5 N–H and O–H groups in total. The van der Waals surface area contributed by atoms with Gasteiger partial charge in [0.15, 0.2) is 0 Å². The van der Waals surface area contributed by atoms with Crippen molar-refractivity contribution >= 4 is 11.9 Å². The summed E-state index contributed by atoms with van der Waals surface area (Å²) in [6.45, 7) is 5.79. The summed E-state index contributed by atoms with van der Waals surface area (Å²) in [6, 6.07) is 0. The fraction of sp³-hybridized carbons (Fsp3) is 0.923. The molecule has 33 heavy (non-hydrogen) atoms. The number of nitrogens with one attached hydrogen (secondary N) is 1. The maximum atomic E-state index is 12.1. The molecule has 188 valence electrons. The minimum absolute atomic E-state index is 0.0645. The zero-order valence-electron chi connectivity index (χ0n) is 24.0. The van der Waals surface area contributed by atoms with E-state index in [2.05, 4.69) is 19.2 Å². The molecule has 0 aromatic carbocycles. The van der Waals surface area contributed by atoms with Gasteiger partial charge in [0.1, 0.15) is 6.54 Å². The molecule has 4 aliphatic rings. The number of rotatable bonds is 6. The Bertz CT molecular complexity index is 919. The van der Waals surface area contributed by atoms with Crippen LogP contribution < -0.4 is 5.32 Å². The summed E-state index contributed by atoms with van der Waals surface area (Å²) in [5.41, 5.74) is -1.06. The third kappa shape index (κ3) is 4.23. The highest BCUT2D eigenvalue weighted by Gasteiger charge is 2.65. The van der Waals surface area contributed by atoms with E-state index in [1.54, 1.807) is 0 Å². The molecule has 0 saturated heterocycles. The lowest BCUT2D eigenvalue weighted by molar-refractivity contribution is -0.223. The molecule has 4 aliphatic carbocycles. The molecule has 0 spiro atoms.